The molecule has 0 heterocycles. The monoisotopic (exact) mass is 345 g/mol. The van der Waals surface area contributed by atoms with Crippen molar-refractivity contribution in [2.75, 3.05) is 0 Å². The van der Waals surface area contributed by atoms with Crippen LogP contribution in [0.4, 0.5) is 0 Å². The summed E-state index contributed by atoms with van der Waals surface area (Å²) < 4.78 is 6.44. The fraction of sp³-hybridized carbons (Fsp3) is 0.0667. The van der Waals surface area contributed by atoms with E-state index in [1.54, 1.807) is 42.5 Å². The lowest BCUT2D eigenvalue weighted by atomic mass is 10.1. The molecule has 3 N–H and O–H groups in total. The number of ether oxygens (including phenoxy) is 1. The molecule has 0 radical (unpaired) electrons. The lowest BCUT2D eigenvalue weighted by molar-refractivity contribution is 0.0951. The second-order valence-corrected chi connectivity index (χ2v) is 5.09. The fourth-order valence-electron chi connectivity index (χ4n) is 1.82. The number of halogens is 1. The summed E-state index contributed by atoms with van der Waals surface area (Å²) in [6.45, 7) is 0.167. The number of nitrogen functional groups attached to an aromatic ring is 1. The number of nitrogens with zero attached hydrogens (tertiary/aromatic N) is 1. The van der Waals surface area contributed by atoms with Gasteiger partial charge in [0.15, 0.2) is 0 Å². The molecule has 0 unspecified atom stereocenters. The van der Waals surface area contributed by atoms with Crippen molar-refractivity contribution in [3.63, 3.8) is 0 Å². The van der Waals surface area contributed by atoms with Gasteiger partial charge in [-0.05, 0) is 24.3 Å². The Hall–Kier alpha value is -2.36. The van der Waals surface area contributed by atoms with Crippen molar-refractivity contribution >= 4 is 21.8 Å². The molecular formula is C15H12BrN3O2. The van der Waals surface area contributed by atoms with Gasteiger partial charge in [-0.3, -0.25) is 10.2 Å². The molecule has 0 spiro atoms. The summed E-state index contributed by atoms with van der Waals surface area (Å²) in [4.78, 5) is 11.7. The first kappa shape index (κ1) is 15.0. The quantitative estimate of drug-likeness (QED) is 0.506. The van der Waals surface area contributed by atoms with Crippen molar-refractivity contribution in [1.82, 2.24) is 5.43 Å². The number of nitrogens with one attached hydrogen (secondary N) is 1. The maximum absolute atomic E-state index is 11.7. The van der Waals surface area contributed by atoms with Gasteiger partial charge in [0.1, 0.15) is 18.4 Å². The Morgan fingerprint density at radius 1 is 1.33 bits per heavy atom. The third kappa shape index (κ3) is 3.60. The highest BCUT2D eigenvalue weighted by molar-refractivity contribution is 9.10. The van der Waals surface area contributed by atoms with Gasteiger partial charge in [-0.2, -0.15) is 5.26 Å². The van der Waals surface area contributed by atoms with E-state index in [4.69, 9.17) is 15.8 Å². The number of hydrazine groups is 1. The molecule has 2 rings (SSSR count). The van der Waals surface area contributed by atoms with Crippen LogP contribution < -0.4 is 16.0 Å². The van der Waals surface area contributed by atoms with Gasteiger partial charge in [-0.1, -0.05) is 34.1 Å². The van der Waals surface area contributed by atoms with Gasteiger partial charge < -0.3 is 4.74 Å². The molecule has 2 aromatic carbocycles. The highest BCUT2D eigenvalue weighted by atomic mass is 79.9. The molecule has 0 aliphatic carbocycles. The van der Waals surface area contributed by atoms with Crippen LogP contribution in [-0.4, -0.2) is 5.91 Å². The van der Waals surface area contributed by atoms with Crippen molar-refractivity contribution in [3.8, 4) is 11.8 Å². The zero-order chi connectivity index (χ0) is 15.2. The molecule has 106 valence electrons. The van der Waals surface area contributed by atoms with E-state index < -0.39 is 0 Å². The normalized spacial score (nSPS) is 9.76. The predicted octanol–water partition coefficient (Wildman–Crippen LogP) is 2.50. The number of hydrogen-bond donors (Lipinski definition) is 2. The van der Waals surface area contributed by atoms with Gasteiger partial charge in [0.2, 0.25) is 0 Å². The summed E-state index contributed by atoms with van der Waals surface area (Å²) in [6.07, 6.45) is 0. The van der Waals surface area contributed by atoms with Crippen LogP contribution in [0.25, 0.3) is 0 Å². The topological polar surface area (TPSA) is 88.1 Å². The number of carbonyl (C=O) groups excluding carboxylic acids is 1. The molecule has 2 aromatic rings. The van der Waals surface area contributed by atoms with Crippen LogP contribution in [0.3, 0.4) is 0 Å². The Balaban J connectivity index is 2.22. The summed E-state index contributed by atoms with van der Waals surface area (Å²) in [5, 5.41) is 9.09. The van der Waals surface area contributed by atoms with Gasteiger partial charge in [-0.25, -0.2) is 5.84 Å². The Labute approximate surface area is 130 Å². The average Bonchev–Trinajstić information content (AvgIpc) is 2.53. The first-order valence-corrected chi connectivity index (χ1v) is 6.86. The van der Waals surface area contributed by atoms with Crippen LogP contribution in [0.2, 0.25) is 0 Å². The van der Waals surface area contributed by atoms with Crippen LogP contribution in [-0.2, 0) is 6.61 Å². The molecule has 0 aliphatic rings. The molecule has 0 saturated heterocycles. The maximum Gasteiger partial charge on any atom is 0.265 e. The van der Waals surface area contributed by atoms with Gasteiger partial charge in [-0.15, -0.1) is 0 Å². The van der Waals surface area contributed by atoms with Crippen LogP contribution in [0.5, 0.6) is 5.75 Å². The number of hydrogen-bond acceptors (Lipinski definition) is 4. The number of rotatable bonds is 4. The van der Waals surface area contributed by atoms with Crippen LogP contribution in [0, 0.1) is 11.3 Å². The molecule has 0 aromatic heterocycles. The van der Waals surface area contributed by atoms with E-state index in [-0.39, 0.29) is 12.5 Å². The third-order valence-electron chi connectivity index (χ3n) is 2.84. The van der Waals surface area contributed by atoms with Crippen LogP contribution >= 0.6 is 15.9 Å². The van der Waals surface area contributed by atoms with E-state index in [1.807, 2.05) is 0 Å². The van der Waals surface area contributed by atoms with Crippen molar-refractivity contribution in [3.05, 3.63) is 63.6 Å². The fourth-order valence-corrected chi connectivity index (χ4v) is 2.18. The minimum atomic E-state index is -0.384. The molecule has 0 atom stereocenters. The number of benzene rings is 2. The summed E-state index contributed by atoms with van der Waals surface area (Å²) in [7, 11) is 0. The van der Waals surface area contributed by atoms with Crippen LogP contribution in [0.15, 0.2) is 46.9 Å². The predicted molar refractivity (Wildman–Crippen MR) is 81.3 cm³/mol. The second kappa shape index (κ2) is 6.88. The molecule has 0 fully saturated rings. The molecule has 0 bridgehead atoms. The summed E-state index contributed by atoms with van der Waals surface area (Å²) in [6, 6.07) is 14.2. The number of nitriles is 1. The Bertz CT molecular complexity index is 710. The third-order valence-corrected chi connectivity index (χ3v) is 3.33. The van der Waals surface area contributed by atoms with Gasteiger partial charge >= 0.3 is 0 Å². The van der Waals surface area contributed by atoms with E-state index in [1.165, 1.54) is 0 Å². The molecular weight excluding hydrogens is 334 g/mol. The van der Waals surface area contributed by atoms with Gasteiger partial charge in [0, 0.05) is 15.6 Å². The smallest absolute Gasteiger partial charge is 0.265 e. The second-order valence-electron chi connectivity index (χ2n) is 4.17. The summed E-state index contributed by atoms with van der Waals surface area (Å²) in [5.74, 6) is 5.23. The van der Waals surface area contributed by atoms with Gasteiger partial charge in [0.25, 0.3) is 5.91 Å². The standard InChI is InChI=1S/C15H12BrN3O2/c16-12-5-6-14(11(7-12)8-17)21-9-10-3-1-2-4-13(10)15(20)19-18/h1-7H,9,18H2,(H,19,20). The van der Waals surface area contributed by atoms with E-state index in [0.717, 1.165) is 4.47 Å². The largest absolute Gasteiger partial charge is 0.487 e. The molecule has 0 aliphatic heterocycles. The zero-order valence-electron chi connectivity index (χ0n) is 11.0. The first-order chi connectivity index (χ1) is 10.2. The summed E-state index contributed by atoms with van der Waals surface area (Å²) in [5.41, 5.74) is 3.65. The first-order valence-electron chi connectivity index (χ1n) is 6.07. The molecule has 21 heavy (non-hydrogen) atoms. The lowest BCUT2D eigenvalue weighted by Crippen LogP contribution is -2.30. The summed E-state index contributed by atoms with van der Waals surface area (Å²) >= 11 is 3.30. The van der Waals surface area contributed by atoms with E-state index in [9.17, 15) is 4.79 Å². The van der Waals surface area contributed by atoms with E-state index in [2.05, 4.69) is 27.4 Å². The minimum absolute atomic E-state index is 0.167. The van der Waals surface area contributed by atoms with E-state index in [0.29, 0.717) is 22.4 Å². The molecule has 1 amide bonds. The Morgan fingerprint density at radius 3 is 2.81 bits per heavy atom. The van der Waals surface area contributed by atoms with Crippen molar-refractivity contribution in [2.24, 2.45) is 5.84 Å². The molecule has 5 nitrogen and oxygen atoms in total. The number of nitrogens with two attached hydrogens (primary N) is 1. The Kier molecular flexibility index (Phi) is 4.93. The van der Waals surface area contributed by atoms with Crippen molar-refractivity contribution in [2.45, 2.75) is 6.61 Å². The lowest BCUT2D eigenvalue weighted by Gasteiger charge is -2.11. The van der Waals surface area contributed by atoms with Crippen molar-refractivity contribution < 1.29 is 9.53 Å². The average molecular weight is 346 g/mol. The van der Waals surface area contributed by atoms with Crippen molar-refractivity contribution in [1.29, 1.82) is 5.26 Å². The minimum Gasteiger partial charge on any atom is -0.487 e. The van der Waals surface area contributed by atoms with Crippen LogP contribution in [0.1, 0.15) is 21.5 Å². The van der Waals surface area contributed by atoms with E-state index >= 15 is 0 Å². The Morgan fingerprint density at radius 2 is 2.10 bits per heavy atom. The molecule has 0 saturated carbocycles. The SMILES string of the molecule is N#Cc1cc(Br)ccc1OCc1ccccc1C(=O)NN. The van der Waals surface area contributed by atoms with Gasteiger partial charge in [0.05, 0.1) is 5.56 Å². The zero-order valence-corrected chi connectivity index (χ0v) is 12.6. The molecule has 6 heteroatoms. The highest BCUT2D eigenvalue weighted by Gasteiger charge is 2.11. The number of carbonyl (C=O) groups is 1. The number of amides is 1. The highest BCUT2D eigenvalue weighted by Crippen LogP contribution is 2.23. The maximum atomic E-state index is 11.7.